The Morgan fingerprint density at radius 1 is 0.687 bits per heavy atom. The van der Waals surface area contributed by atoms with Crippen molar-refractivity contribution in [1.82, 2.24) is 46.4 Å². The molecule has 0 saturated carbocycles. The monoisotopic (exact) mass is 1590 g/mol. The van der Waals surface area contributed by atoms with Crippen LogP contribution in [0.5, 0.6) is 5.75 Å². The molecule has 7 amide bonds. The zero-order chi connectivity index (χ0) is 84.6. The fraction of sp³-hybridized carbons (Fsp3) is 0.446. The number of carbonyl (C=O) groups is 14. The summed E-state index contributed by atoms with van der Waals surface area (Å²) in [5.41, 5.74) is 8.23. The molecule has 616 valence electrons. The first kappa shape index (κ1) is 90.4. The summed E-state index contributed by atoms with van der Waals surface area (Å²) in [6.45, 7) is 6.69. The number of carboxylic acid groups (broad SMARTS) is 2. The molecule has 0 spiro atoms. The van der Waals surface area contributed by atoms with Gasteiger partial charge in [0.25, 0.3) is 0 Å². The van der Waals surface area contributed by atoms with Gasteiger partial charge >= 0.3 is 18.0 Å². The molecule has 1 saturated heterocycles. The molecule has 3 heterocycles. The van der Waals surface area contributed by atoms with Gasteiger partial charge in [-0.2, -0.15) is 0 Å². The second kappa shape index (κ2) is 41.8. The second-order valence-corrected chi connectivity index (χ2v) is 29.7. The van der Waals surface area contributed by atoms with Gasteiger partial charge in [-0.15, -0.1) is 0 Å². The van der Waals surface area contributed by atoms with Crippen molar-refractivity contribution in [3.8, 4) is 28.1 Å². The number of aliphatic hydroxyl groups excluding tert-OH is 3. The largest absolute Gasteiger partial charge is 0.508 e. The fourth-order valence-electron chi connectivity index (χ4n) is 14.1. The Morgan fingerprint density at radius 3 is 1.95 bits per heavy atom. The standard InChI is InChI=1S/C83H101FN10O21/c1-8-51-32-58(98)24-25-61(51)52-21-18-49(19-22-52)31-66(69(100)33-55(75(85)108)30-50-20-26-65(87-41-50)60-16-11-9-14-46(60)2)90-77(110)56(36-74(106)107)34-70(101)68(44-95)91-78(111)63(48(4)97)39-71(102)82(5,40-54-15-10-12-17-64(54)84)93-79(112)62(47(3)96)38-59(99)43-88-76(109)53(23-27-73(104)105)35-72(103)83(6)28-13-29-94(83)80(113)67(92-81(114)115-7)37-57-42-86-45-89-57/h9-12,14-22,24-26,32,41-42,45,47-48,53,55-56,62-63,66-68,95-98H,8,13,23,27-31,33-40,43-44H2,1-7H3,(H2,85,108)(H,86,89)(H,88,109)(H,90,110)(H,91,111)(H,92,114)(H,93,112)(H,104,105)(H,106,107)/t47-,48-,53-,55-,56+,62+,63+,66+,67+,68+,82-,83-/m1/s1. The summed E-state index contributed by atoms with van der Waals surface area (Å²) in [5, 5.41) is 75.1. The molecule has 31 nitrogen and oxygen atoms in total. The molecule has 1 fully saturated rings. The van der Waals surface area contributed by atoms with Crippen molar-refractivity contribution in [2.75, 3.05) is 26.8 Å². The highest BCUT2D eigenvalue weighted by molar-refractivity contribution is 6.01. The van der Waals surface area contributed by atoms with Gasteiger partial charge in [0.2, 0.25) is 35.4 Å². The lowest BCUT2D eigenvalue weighted by molar-refractivity contribution is -0.145. The summed E-state index contributed by atoms with van der Waals surface area (Å²) >= 11 is 0. The number of halogens is 1. The number of hydrogen-bond donors (Lipinski definition) is 13. The quantitative estimate of drug-likeness (QED) is 0.0247. The number of ether oxygens (including phenoxy) is 1. The van der Waals surface area contributed by atoms with Crippen LogP contribution in [-0.2, 0) is 99.2 Å². The van der Waals surface area contributed by atoms with Crippen LogP contribution in [0, 0.1) is 42.3 Å². The number of aromatic amines is 1. The average Bonchev–Trinajstić information content (AvgIpc) is 1.69. The van der Waals surface area contributed by atoms with Gasteiger partial charge in [0, 0.05) is 87.7 Å². The predicted octanol–water partition coefficient (Wildman–Crippen LogP) is 4.65. The number of aryl methyl sites for hydroxylation is 2. The number of amides is 7. The zero-order valence-corrected chi connectivity index (χ0v) is 65.2. The Bertz CT molecular complexity index is 4500. The Hall–Kier alpha value is -11.8. The minimum atomic E-state index is -2.28. The number of hydrogen-bond acceptors (Lipinski definition) is 21. The van der Waals surface area contributed by atoms with Crippen molar-refractivity contribution in [2.24, 2.45) is 35.3 Å². The van der Waals surface area contributed by atoms with E-state index in [0.717, 1.165) is 61.8 Å². The number of methoxy groups -OCH3 is 1. The first-order valence-corrected chi connectivity index (χ1v) is 37.8. The number of carboxylic acids is 2. The van der Waals surface area contributed by atoms with E-state index in [1.54, 1.807) is 54.7 Å². The molecule has 12 atom stereocenters. The van der Waals surface area contributed by atoms with Crippen LogP contribution in [0.4, 0.5) is 9.18 Å². The third-order valence-corrected chi connectivity index (χ3v) is 21.0. The number of benzene rings is 4. The van der Waals surface area contributed by atoms with E-state index in [0.29, 0.717) is 35.4 Å². The third kappa shape index (κ3) is 25.4. The molecule has 0 aliphatic carbocycles. The normalized spacial score (nSPS) is 16.4. The summed E-state index contributed by atoms with van der Waals surface area (Å²) in [6.07, 6.45) is -6.07. The lowest BCUT2D eigenvalue weighted by atomic mass is 9.81. The molecule has 0 bridgehead atoms. The molecule has 32 heteroatoms. The van der Waals surface area contributed by atoms with Gasteiger partial charge < -0.3 is 77.6 Å². The van der Waals surface area contributed by atoms with E-state index in [-0.39, 0.29) is 43.5 Å². The Balaban J connectivity index is 1.05. The number of pyridine rings is 1. The number of aromatic nitrogens is 3. The number of phenolic OH excluding ortho intramolecular Hbond substituents is 1. The number of alkyl carbamates (subject to hydrolysis) is 1. The molecule has 0 radical (unpaired) electrons. The van der Waals surface area contributed by atoms with Crippen molar-refractivity contribution >= 4 is 82.4 Å². The highest BCUT2D eigenvalue weighted by Gasteiger charge is 2.49. The topological polar surface area (TPSA) is 501 Å². The number of aliphatic carboxylic acids is 2. The number of likely N-dealkylation sites (tertiary alicyclic amines) is 1. The number of nitrogens with one attached hydrogen (secondary N) is 6. The summed E-state index contributed by atoms with van der Waals surface area (Å²) < 4.78 is 20.3. The minimum absolute atomic E-state index is 0.0491. The van der Waals surface area contributed by atoms with Crippen molar-refractivity contribution in [3.63, 3.8) is 0 Å². The van der Waals surface area contributed by atoms with Crippen LogP contribution in [0.3, 0.4) is 0 Å². The molecular weight excluding hydrogens is 1490 g/mol. The van der Waals surface area contributed by atoms with Crippen LogP contribution < -0.4 is 32.3 Å². The maximum atomic E-state index is 15.6. The average molecular weight is 1590 g/mol. The van der Waals surface area contributed by atoms with Gasteiger partial charge in [0.1, 0.15) is 23.7 Å². The number of nitrogens with zero attached hydrogens (tertiary/aromatic N) is 3. The van der Waals surface area contributed by atoms with Gasteiger partial charge in [-0.3, -0.25) is 67.3 Å². The predicted molar refractivity (Wildman–Crippen MR) is 414 cm³/mol. The number of phenols is 1. The van der Waals surface area contributed by atoms with Crippen LogP contribution in [0.1, 0.15) is 132 Å². The number of Topliss-reactive ketones (excluding diaryl/α,β-unsaturated/α-hetero) is 5. The molecule has 4 aromatic carbocycles. The molecule has 6 aromatic rings. The van der Waals surface area contributed by atoms with E-state index in [9.17, 15) is 97.8 Å². The van der Waals surface area contributed by atoms with Crippen LogP contribution in [-0.4, -0.2) is 201 Å². The summed E-state index contributed by atoms with van der Waals surface area (Å²) in [5.74, 6) is -22.2. The van der Waals surface area contributed by atoms with Crippen LogP contribution >= 0.6 is 0 Å². The van der Waals surface area contributed by atoms with E-state index in [2.05, 4.69) is 41.5 Å². The number of carbonyl (C=O) groups excluding carboxylic acids is 12. The summed E-state index contributed by atoms with van der Waals surface area (Å²) in [6, 6.07) is 23.2. The van der Waals surface area contributed by atoms with Crippen molar-refractivity contribution in [1.29, 1.82) is 0 Å². The molecule has 14 N–H and O–H groups in total. The van der Waals surface area contributed by atoms with Crippen molar-refractivity contribution in [3.05, 3.63) is 161 Å². The molecule has 115 heavy (non-hydrogen) atoms. The van der Waals surface area contributed by atoms with E-state index < -0.39 is 230 Å². The minimum Gasteiger partial charge on any atom is -0.508 e. The number of imidazole rings is 1. The second-order valence-electron chi connectivity index (χ2n) is 29.7. The number of primary amides is 1. The van der Waals surface area contributed by atoms with Crippen LogP contribution in [0.15, 0.2) is 122 Å². The maximum absolute atomic E-state index is 15.6. The van der Waals surface area contributed by atoms with Crippen molar-refractivity contribution in [2.45, 2.75) is 179 Å². The Kier molecular flexibility index (Phi) is 32.9. The number of ketones is 5. The zero-order valence-electron chi connectivity index (χ0n) is 65.2. The fourth-order valence-corrected chi connectivity index (χ4v) is 14.1. The molecule has 1 aliphatic heterocycles. The molecule has 2 aromatic heterocycles. The van der Waals surface area contributed by atoms with Crippen LogP contribution in [0.2, 0.25) is 0 Å². The number of H-pyrrole nitrogens is 1. The van der Waals surface area contributed by atoms with Crippen molar-refractivity contribution < 1.29 is 107 Å². The van der Waals surface area contributed by atoms with E-state index >= 15 is 4.39 Å². The van der Waals surface area contributed by atoms with Gasteiger partial charge in [-0.05, 0) is 136 Å². The first-order valence-electron chi connectivity index (χ1n) is 37.8. The maximum Gasteiger partial charge on any atom is 0.407 e. The number of nitrogens with two attached hydrogens (primary N) is 1. The molecule has 1 aliphatic rings. The number of aromatic hydroxyl groups is 1. The SMILES string of the molecule is CCc1cc(O)ccc1-c1ccc(C[C@H](NC(=O)[C@H](CC(=O)O)CC(=O)[C@H](CO)NC(=O)[C@@H](CC(=O)[C@@](C)(Cc2ccccc2F)NC(=O)[C@@H](CC(=O)CNC(=O)[C@H](CCC(=O)O)CC(=O)[C@@]2(C)CCCN2C(=O)[C@H](Cc2c[nH]cn2)NC(=O)OC)[C@@H](C)O)[C@@H](C)O)C(=O)C[C@@H](Cc2ccc(-c3ccccc3C)nc2)C(N)=O)cc1. The van der Waals surface area contributed by atoms with Gasteiger partial charge in [-0.1, -0.05) is 85.8 Å². The lowest BCUT2D eigenvalue weighted by Crippen LogP contribution is -2.58. The van der Waals surface area contributed by atoms with Gasteiger partial charge in [-0.25, -0.2) is 14.2 Å². The molecule has 0 unspecified atom stereocenters. The molecule has 7 rings (SSSR count). The summed E-state index contributed by atoms with van der Waals surface area (Å²) in [7, 11) is 1.10. The number of aliphatic hydroxyl groups is 3. The lowest BCUT2D eigenvalue weighted by Gasteiger charge is -2.37. The highest BCUT2D eigenvalue weighted by atomic mass is 19.1. The smallest absolute Gasteiger partial charge is 0.407 e. The number of rotatable bonds is 45. The summed E-state index contributed by atoms with van der Waals surface area (Å²) in [4.78, 5) is 206. The molecular formula is C83H101FN10O21. The van der Waals surface area contributed by atoms with E-state index in [1.807, 2.05) is 38.1 Å². The third-order valence-electron chi connectivity index (χ3n) is 21.0. The Labute approximate surface area is 663 Å². The van der Waals surface area contributed by atoms with Crippen LogP contribution in [0.25, 0.3) is 22.4 Å². The van der Waals surface area contributed by atoms with E-state index in [4.69, 9.17) is 10.5 Å². The first-order chi connectivity index (χ1) is 54.5. The van der Waals surface area contributed by atoms with Gasteiger partial charge in [0.05, 0.1) is 91.5 Å². The highest BCUT2D eigenvalue weighted by Crippen LogP contribution is 2.35. The van der Waals surface area contributed by atoms with Gasteiger partial charge in [0.15, 0.2) is 28.9 Å². The Morgan fingerprint density at radius 2 is 1.34 bits per heavy atom. The van der Waals surface area contributed by atoms with E-state index in [1.165, 1.54) is 48.6 Å².